The van der Waals surface area contributed by atoms with Crippen LogP contribution in [0, 0.1) is 22.7 Å². The Morgan fingerprint density at radius 1 is 0.528 bits per heavy atom. The molecule has 0 aliphatic rings. The van der Waals surface area contributed by atoms with Crippen molar-refractivity contribution in [3.8, 4) is 23.3 Å². The fourth-order valence-corrected chi connectivity index (χ4v) is 4.87. The molecule has 0 saturated carbocycles. The van der Waals surface area contributed by atoms with Crippen molar-refractivity contribution in [1.82, 2.24) is 9.13 Å². The van der Waals surface area contributed by atoms with Gasteiger partial charge >= 0.3 is 0 Å². The molecule has 0 saturated heterocycles. The summed E-state index contributed by atoms with van der Waals surface area (Å²) in [6.45, 7) is 1.43. The van der Waals surface area contributed by atoms with Crippen molar-refractivity contribution in [2.75, 3.05) is 0 Å². The number of nitrogens with zero attached hydrogens (tertiary/aromatic N) is 4. The Morgan fingerprint density at radius 2 is 1.00 bits per heavy atom. The summed E-state index contributed by atoms with van der Waals surface area (Å²) in [6, 6.07) is 37.5. The van der Waals surface area contributed by atoms with E-state index < -0.39 is 0 Å². The fraction of sp³-hybridized carbons (Fsp3) is 0.0625. The van der Waals surface area contributed by atoms with E-state index >= 15 is 0 Å². The topological polar surface area (TPSA) is 57.4 Å². The van der Waals surface area contributed by atoms with E-state index in [1.54, 1.807) is 0 Å². The summed E-state index contributed by atoms with van der Waals surface area (Å²) in [5, 5.41) is 20.9. The first-order valence-corrected chi connectivity index (χ1v) is 11.9. The van der Waals surface area contributed by atoms with E-state index in [1.165, 1.54) is 21.8 Å². The van der Waals surface area contributed by atoms with E-state index in [-0.39, 0.29) is 0 Å². The van der Waals surface area contributed by atoms with Gasteiger partial charge in [0.1, 0.15) is 0 Å². The van der Waals surface area contributed by atoms with E-state index in [2.05, 4.69) is 94.3 Å². The van der Waals surface area contributed by atoms with Crippen LogP contribution < -0.4 is 0 Å². The van der Waals surface area contributed by atoms with Crippen LogP contribution in [0.3, 0.4) is 0 Å². The molecule has 170 valence electrons. The van der Waals surface area contributed by atoms with Crippen LogP contribution in [0.1, 0.15) is 22.3 Å². The molecule has 0 fully saturated rings. The Morgan fingerprint density at radius 3 is 1.44 bits per heavy atom. The Bertz CT molecular complexity index is 1690. The first kappa shape index (κ1) is 21.5. The van der Waals surface area contributed by atoms with Crippen molar-refractivity contribution in [3.05, 3.63) is 132 Å². The summed E-state index contributed by atoms with van der Waals surface area (Å²) < 4.78 is 4.47. The molecule has 0 bridgehead atoms. The van der Waals surface area contributed by atoms with E-state index in [0.717, 1.165) is 22.3 Å². The minimum atomic E-state index is 0.681. The van der Waals surface area contributed by atoms with Crippen molar-refractivity contribution in [3.63, 3.8) is 0 Å². The molecule has 0 aliphatic carbocycles. The smallest absolute Gasteiger partial charge is 0.0991 e. The predicted octanol–water partition coefficient (Wildman–Crippen LogP) is 7.10. The number of rotatable bonds is 5. The van der Waals surface area contributed by atoms with Gasteiger partial charge in [0.2, 0.25) is 0 Å². The molecule has 4 aromatic carbocycles. The summed E-state index contributed by atoms with van der Waals surface area (Å²) in [5.74, 6) is 0. The van der Waals surface area contributed by atoms with Crippen LogP contribution in [0.2, 0.25) is 0 Å². The third-order valence-electron chi connectivity index (χ3n) is 6.70. The summed E-state index contributed by atoms with van der Waals surface area (Å²) in [7, 11) is 0. The summed E-state index contributed by atoms with van der Waals surface area (Å²) in [6.07, 6.45) is 4.22. The molecular weight excluding hydrogens is 440 g/mol. The number of fused-ring (bicyclic) bond motifs is 2. The van der Waals surface area contributed by atoms with Gasteiger partial charge in [-0.1, -0.05) is 48.5 Å². The van der Waals surface area contributed by atoms with Gasteiger partial charge in [-0.05, 0) is 81.6 Å². The summed E-state index contributed by atoms with van der Waals surface area (Å²) in [5.41, 5.74) is 8.23. The number of nitriles is 2. The minimum absolute atomic E-state index is 0.681. The lowest BCUT2D eigenvalue weighted by Crippen LogP contribution is -1.99. The molecule has 0 N–H and O–H groups in total. The molecule has 0 spiro atoms. The molecule has 2 heterocycles. The standard InChI is InChI=1S/C32H22N4/c33-19-23-3-1-5-25(15-23)21-35-13-11-27-7-9-29(17-31(27)35)30-10-8-28-12-14-36(32(28)18-30)22-26-6-2-4-24(16-26)20-34/h1-18H,21-22H2. The molecule has 4 nitrogen and oxygen atoms in total. The zero-order chi connectivity index (χ0) is 24.5. The van der Waals surface area contributed by atoms with Gasteiger partial charge in [-0.3, -0.25) is 0 Å². The average Bonchev–Trinajstić information content (AvgIpc) is 3.52. The maximum atomic E-state index is 9.24. The van der Waals surface area contributed by atoms with Gasteiger partial charge in [0.15, 0.2) is 0 Å². The maximum Gasteiger partial charge on any atom is 0.0991 e. The number of hydrogen-bond donors (Lipinski definition) is 0. The Labute approximate surface area is 209 Å². The third-order valence-corrected chi connectivity index (χ3v) is 6.70. The van der Waals surface area contributed by atoms with Crippen molar-refractivity contribution in [1.29, 1.82) is 10.5 Å². The molecule has 0 amide bonds. The van der Waals surface area contributed by atoms with Crippen LogP contribution in [0.15, 0.2) is 109 Å². The monoisotopic (exact) mass is 462 g/mol. The number of hydrogen-bond acceptors (Lipinski definition) is 2. The highest BCUT2D eigenvalue weighted by Gasteiger charge is 2.09. The van der Waals surface area contributed by atoms with Crippen molar-refractivity contribution < 1.29 is 0 Å². The lowest BCUT2D eigenvalue weighted by atomic mass is 10.0. The zero-order valence-corrected chi connectivity index (χ0v) is 19.6. The van der Waals surface area contributed by atoms with Gasteiger partial charge in [-0.2, -0.15) is 10.5 Å². The van der Waals surface area contributed by atoms with Crippen LogP contribution in [-0.4, -0.2) is 9.13 Å². The molecule has 6 rings (SSSR count). The molecule has 0 unspecified atom stereocenters. The quantitative estimate of drug-likeness (QED) is 0.274. The Kier molecular flexibility index (Phi) is 5.34. The SMILES string of the molecule is N#Cc1cccc(Cn2ccc3ccc(-c4ccc5ccn(Cc6cccc(C#N)c6)c5c4)cc32)c1. The normalized spacial score (nSPS) is 10.9. The first-order valence-electron chi connectivity index (χ1n) is 11.9. The average molecular weight is 463 g/mol. The summed E-state index contributed by atoms with van der Waals surface area (Å²) >= 11 is 0. The minimum Gasteiger partial charge on any atom is -0.343 e. The van der Waals surface area contributed by atoms with Gasteiger partial charge in [0.05, 0.1) is 23.3 Å². The first-order chi connectivity index (χ1) is 17.7. The van der Waals surface area contributed by atoms with Gasteiger partial charge in [-0.15, -0.1) is 0 Å². The maximum absolute atomic E-state index is 9.24. The van der Waals surface area contributed by atoms with E-state index in [9.17, 15) is 10.5 Å². The second kappa shape index (κ2) is 8.95. The Hall–Kier alpha value is -5.06. The fourth-order valence-electron chi connectivity index (χ4n) is 4.87. The molecule has 0 atom stereocenters. The van der Waals surface area contributed by atoms with Crippen LogP contribution in [0.5, 0.6) is 0 Å². The largest absolute Gasteiger partial charge is 0.343 e. The summed E-state index contributed by atoms with van der Waals surface area (Å²) in [4.78, 5) is 0. The molecule has 2 aromatic heterocycles. The molecule has 0 aliphatic heterocycles. The van der Waals surface area contributed by atoms with Crippen LogP contribution in [-0.2, 0) is 13.1 Å². The Balaban J connectivity index is 1.35. The number of aromatic nitrogens is 2. The lowest BCUT2D eigenvalue weighted by molar-refractivity contribution is 0.836. The van der Waals surface area contributed by atoms with Crippen LogP contribution in [0.4, 0.5) is 0 Å². The van der Waals surface area contributed by atoms with Gasteiger partial charge in [0.25, 0.3) is 0 Å². The second-order valence-corrected chi connectivity index (χ2v) is 9.06. The molecule has 4 heteroatoms. The van der Waals surface area contributed by atoms with Crippen molar-refractivity contribution >= 4 is 21.8 Å². The van der Waals surface area contributed by atoms with Gasteiger partial charge < -0.3 is 9.13 Å². The highest BCUT2D eigenvalue weighted by Crippen LogP contribution is 2.29. The van der Waals surface area contributed by atoms with E-state index in [1.807, 2.05) is 36.4 Å². The van der Waals surface area contributed by atoms with Gasteiger partial charge in [0, 0.05) is 36.5 Å². The van der Waals surface area contributed by atoms with Crippen molar-refractivity contribution in [2.24, 2.45) is 0 Å². The second-order valence-electron chi connectivity index (χ2n) is 9.06. The molecule has 6 aromatic rings. The highest BCUT2D eigenvalue weighted by molar-refractivity contribution is 5.89. The van der Waals surface area contributed by atoms with Crippen molar-refractivity contribution in [2.45, 2.75) is 13.1 Å². The lowest BCUT2D eigenvalue weighted by Gasteiger charge is -2.10. The van der Waals surface area contributed by atoms with Gasteiger partial charge in [-0.25, -0.2) is 0 Å². The molecule has 36 heavy (non-hydrogen) atoms. The van der Waals surface area contributed by atoms with E-state index in [0.29, 0.717) is 24.2 Å². The third kappa shape index (κ3) is 4.02. The predicted molar refractivity (Wildman–Crippen MR) is 143 cm³/mol. The molecular formula is C32H22N4. The zero-order valence-electron chi connectivity index (χ0n) is 19.6. The highest BCUT2D eigenvalue weighted by atomic mass is 15.0. The van der Waals surface area contributed by atoms with Crippen LogP contribution in [0.25, 0.3) is 32.9 Å². The van der Waals surface area contributed by atoms with E-state index in [4.69, 9.17) is 0 Å². The number of benzene rings is 4. The van der Waals surface area contributed by atoms with Crippen LogP contribution >= 0.6 is 0 Å². The molecule has 0 radical (unpaired) electrons.